The molecule has 0 radical (unpaired) electrons. The lowest BCUT2D eigenvalue weighted by Crippen LogP contribution is -2.40. The number of carbonyl (C=O) groups is 1. The molecule has 2 aromatic heterocycles. The molecular formula is C26H28F3N5O2S. The quantitative estimate of drug-likeness (QED) is 0.429. The zero-order valence-corrected chi connectivity index (χ0v) is 21.5. The zero-order valence-electron chi connectivity index (χ0n) is 20.7. The fraction of sp³-hybridized carbons (Fsp3) is 0.462. The highest BCUT2D eigenvalue weighted by Gasteiger charge is 2.38. The van der Waals surface area contributed by atoms with E-state index in [4.69, 9.17) is 9.82 Å². The van der Waals surface area contributed by atoms with Crippen LogP contribution in [0.4, 0.5) is 13.2 Å². The van der Waals surface area contributed by atoms with Crippen LogP contribution >= 0.6 is 11.3 Å². The van der Waals surface area contributed by atoms with Crippen LogP contribution in [0, 0.1) is 0 Å². The number of aryl methyl sites for hydroxylation is 1. The zero-order chi connectivity index (χ0) is 26.2. The number of rotatable bonds is 6. The van der Waals surface area contributed by atoms with Gasteiger partial charge in [-0.25, -0.2) is 4.98 Å². The van der Waals surface area contributed by atoms with Gasteiger partial charge in [0.1, 0.15) is 12.3 Å². The Balaban J connectivity index is 1.17. The number of benzene rings is 1. The summed E-state index contributed by atoms with van der Waals surface area (Å²) in [5, 5.41) is 11.0. The maximum absolute atomic E-state index is 13.0. The Bertz CT molecular complexity index is 1300. The van der Waals surface area contributed by atoms with Crippen molar-refractivity contribution < 1.29 is 22.8 Å². The fourth-order valence-electron chi connectivity index (χ4n) is 4.85. The molecule has 0 spiro atoms. The smallest absolute Gasteiger partial charge is 0.384 e. The van der Waals surface area contributed by atoms with Crippen molar-refractivity contribution in [2.75, 3.05) is 13.1 Å². The summed E-state index contributed by atoms with van der Waals surface area (Å²) < 4.78 is 40.3. The summed E-state index contributed by atoms with van der Waals surface area (Å²) in [6.07, 6.45) is -2.03. The van der Waals surface area contributed by atoms with E-state index in [-0.39, 0.29) is 18.4 Å². The minimum atomic E-state index is -4.53. The lowest BCUT2D eigenvalue weighted by molar-refractivity contribution is -0.142. The van der Waals surface area contributed by atoms with Gasteiger partial charge in [-0.15, -0.1) is 11.3 Å². The summed E-state index contributed by atoms with van der Waals surface area (Å²) >= 11 is 1.59. The lowest BCUT2D eigenvalue weighted by atomic mass is 9.90. The van der Waals surface area contributed by atoms with Gasteiger partial charge in [0.25, 0.3) is 0 Å². The normalized spacial score (nSPS) is 20.7. The van der Waals surface area contributed by atoms with Crippen LogP contribution in [0.15, 0.2) is 46.9 Å². The fourth-order valence-corrected chi connectivity index (χ4v) is 5.85. The van der Waals surface area contributed by atoms with Crippen molar-refractivity contribution >= 4 is 23.0 Å². The molecule has 0 saturated carbocycles. The van der Waals surface area contributed by atoms with E-state index in [1.165, 1.54) is 4.68 Å². The number of oxime groups is 1. The van der Waals surface area contributed by atoms with Gasteiger partial charge in [0, 0.05) is 36.5 Å². The van der Waals surface area contributed by atoms with Crippen LogP contribution in [0.1, 0.15) is 66.7 Å². The Hall–Kier alpha value is -3.21. The largest absolute Gasteiger partial charge is 0.435 e. The summed E-state index contributed by atoms with van der Waals surface area (Å²) in [6.45, 7) is 4.64. The van der Waals surface area contributed by atoms with Crippen LogP contribution in [0.2, 0.25) is 0 Å². The number of halogens is 3. The van der Waals surface area contributed by atoms with E-state index < -0.39 is 17.5 Å². The number of likely N-dealkylation sites (tertiary alicyclic amines) is 1. The van der Waals surface area contributed by atoms with Gasteiger partial charge in [0.15, 0.2) is 11.3 Å². The number of carbonyl (C=O) groups excluding carboxylic acids is 1. The third kappa shape index (κ3) is 5.27. The van der Waals surface area contributed by atoms with Gasteiger partial charge in [-0.3, -0.25) is 9.48 Å². The molecule has 3 aromatic rings. The van der Waals surface area contributed by atoms with E-state index in [9.17, 15) is 18.0 Å². The first-order chi connectivity index (χ1) is 17.7. The minimum Gasteiger partial charge on any atom is -0.384 e. The first kappa shape index (κ1) is 25.4. The molecular weight excluding hydrogens is 503 g/mol. The van der Waals surface area contributed by atoms with E-state index in [0.717, 1.165) is 40.9 Å². The summed E-state index contributed by atoms with van der Waals surface area (Å²) in [5.74, 6) is 0.00132. The molecule has 2 aliphatic rings. The third-order valence-electron chi connectivity index (χ3n) is 7.06. The molecule has 1 aromatic carbocycles. The van der Waals surface area contributed by atoms with Gasteiger partial charge in [-0.2, -0.15) is 18.3 Å². The van der Waals surface area contributed by atoms with Crippen molar-refractivity contribution in [1.29, 1.82) is 0 Å². The van der Waals surface area contributed by atoms with Gasteiger partial charge in [0.2, 0.25) is 5.91 Å². The highest BCUT2D eigenvalue weighted by atomic mass is 32.1. The van der Waals surface area contributed by atoms with Gasteiger partial charge in [-0.05, 0) is 37.8 Å². The monoisotopic (exact) mass is 531 g/mol. The number of hydrogen-bond donors (Lipinski definition) is 0. The molecule has 2 aliphatic heterocycles. The van der Waals surface area contributed by atoms with Crippen molar-refractivity contribution in [3.8, 4) is 0 Å². The van der Waals surface area contributed by atoms with Crippen LogP contribution in [0.5, 0.6) is 0 Å². The Morgan fingerprint density at radius 1 is 1.22 bits per heavy atom. The van der Waals surface area contributed by atoms with Crippen molar-refractivity contribution in [3.63, 3.8) is 0 Å². The molecule has 0 unspecified atom stereocenters. The van der Waals surface area contributed by atoms with Crippen LogP contribution in [-0.4, -0.2) is 44.4 Å². The summed E-state index contributed by atoms with van der Waals surface area (Å²) in [6, 6.07) is 11.0. The summed E-state index contributed by atoms with van der Waals surface area (Å²) in [4.78, 5) is 25.2. The predicted molar refractivity (Wildman–Crippen MR) is 133 cm³/mol. The van der Waals surface area contributed by atoms with E-state index in [1.54, 1.807) is 23.2 Å². The van der Waals surface area contributed by atoms with Crippen molar-refractivity contribution in [3.05, 3.63) is 69.4 Å². The van der Waals surface area contributed by atoms with E-state index in [2.05, 4.69) is 10.3 Å². The lowest BCUT2D eigenvalue weighted by Gasteiger charge is -2.31. The van der Waals surface area contributed by atoms with Crippen molar-refractivity contribution in [2.45, 2.75) is 63.8 Å². The first-order valence-electron chi connectivity index (χ1n) is 12.3. The average molecular weight is 532 g/mol. The third-order valence-corrected chi connectivity index (χ3v) is 8.07. The van der Waals surface area contributed by atoms with Crippen LogP contribution in [0.25, 0.3) is 0 Å². The molecule has 1 atom stereocenters. The van der Waals surface area contributed by atoms with E-state index in [1.807, 2.05) is 42.6 Å². The molecule has 4 heterocycles. The average Bonchev–Trinajstić information content (AvgIpc) is 3.63. The SMILES string of the molecule is CCc1cc(C(F)(F)F)nn1CC(=O)N1CCC(c2nc(C3=NO[C@@](C)(c4ccccc4)C3)cs2)CC1. The Morgan fingerprint density at radius 3 is 2.62 bits per heavy atom. The molecule has 0 aliphatic carbocycles. The minimum absolute atomic E-state index is 0.189. The second-order valence-corrected chi connectivity index (χ2v) is 10.5. The Morgan fingerprint density at radius 2 is 1.95 bits per heavy atom. The number of hydrogen-bond acceptors (Lipinski definition) is 6. The molecule has 37 heavy (non-hydrogen) atoms. The first-order valence-corrected chi connectivity index (χ1v) is 13.2. The number of amides is 1. The maximum Gasteiger partial charge on any atom is 0.435 e. The molecule has 0 bridgehead atoms. The van der Waals surface area contributed by atoms with Gasteiger partial charge in [-0.1, -0.05) is 42.4 Å². The molecule has 7 nitrogen and oxygen atoms in total. The molecule has 1 fully saturated rings. The highest BCUT2D eigenvalue weighted by Crippen LogP contribution is 2.37. The van der Waals surface area contributed by atoms with E-state index >= 15 is 0 Å². The number of alkyl halides is 3. The van der Waals surface area contributed by atoms with Gasteiger partial charge in [0.05, 0.1) is 10.7 Å². The van der Waals surface area contributed by atoms with Gasteiger partial charge >= 0.3 is 6.18 Å². The van der Waals surface area contributed by atoms with Crippen molar-refractivity contribution in [2.24, 2.45) is 5.16 Å². The van der Waals surface area contributed by atoms with Crippen LogP contribution < -0.4 is 0 Å². The van der Waals surface area contributed by atoms with Crippen LogP contribution in [0.3, 0.4) is 0 Å². The molecule has 5 rings (SSSR count). The summed E-state index contributed by atoms with van der Waals surface area (Å²) in [5.41, 5.74) is 1.64. The van der Waals surface area contributed by atoms with E-state index in [0.29, 0.717) is 31.6 Å². The number of nitrogens with zero attached hydrogens (tertiary/aromatic N) is 5. The second-order valence-electron chi connectivity index (χ2n) is 9.66. The molecule has 196 valence electrons. The number of piperidine rings is 1. The highest BCUT2D eigenvalue weighted by molar-refractivity contribution is 7.10. The molecule has 11 heteroatoms. The van der Waals surface area contributed by atoms with Crippen molar-refractivity contribution in [1.82, 2.24) is 19.7 Å². The topological polar surface area (TPSA) is 72.6 Å². The molecule has 0 N–H and O–H groups in total. The molecule has 1 amide bonds. The Kier molecular flexibility index (Phi) is 6.82. The standard InChI is InChI=1S/C26H28F3N5O2S/c1-3-19-13-22(26(27,28)29)31-34(19)15-23(35)33-11-9-17(10-12-33)24-30-21(16-37-24)20-14-25(2,36-32-20)18-7-5-4-6-8-18/h4-8,13,16-17H,3,9-12,14-15H2,1-2H3/t25-/m1/s1. The number of aromatic nitrogens is 3. The summed E-state index contributed by atoms with van der Waals surface area (Å²) in [7, 11) is 0. The van der Waals surface area contributed by atoms with Crippen LogP contribution in [-0.2, 0) is 34.4 Å². The maximum atomic E-state index is 13.0. The Labute approximate surface area is 216 Å². The second kappa shape index (κ2) is 9.92. The predicted octanol–water partition coefficient (Wildman–Crippen LogP) is 5.37. The number of thiazole rings is 1. The molecule has 1 saturated heterocycles. The van der Waals surface area contributed by atoms with Gasteiger partial charge < -0.3 is 9.74 Å².